The summed E-state index contributed by atoms with van der Waals surface area (Å²) >= 11 is 1.70. The van der Waals surface area contributed by atoms with Crippen molar-refractivity contribution in [1.29, 1.82) is 0 Å². The molecule has 0 radical (unpaired) electrons. The molecule has 1 aliphatic heterocycles. The molecule has 0 saturated heterocycles. The average molecular weight is 113 g/mol. The van der Waals surface area contributed by atoms with Crippen molar-refractivity contribution in [3.8, 4) is 0 Å². The second-order valence-electron chi connectivity index (χ2n) is 1.38. The van der Waals surface area contributed by atoms with Gasteiger partial charge in [0.25, 0.3) is 0 Å². The van der Waals surface area contributed by atoms with E-state index in [0.29, 0.717) is 0 Å². The van der Waals surface area contributed by atoms with E-state index in [0.717, 1.165) is 0 Å². The minimum Gasteiger partial charge on any atom is -0.364 e. The summed E-state index contributed by atoms with van der Waals surface area (Å²) in [6.45, 7) is 2.04. The molecule has 1 nitrogen and oxygen atoms in total. The van der Waals surface area contributed by atoms with Crippen LogP contribution in [0.15, 0.2) is 22.7 Å². The van der Waals surface area contributed by atoms with Crippen molar-refractivity contribution < 1.29 is 0 Å². The first kappa shape index (κ1) is 4.78. The van der Waals surface area contributed by atoms with Gasteiger partial charge in [0.2, 0.25) is 0 Å². The molecule has 1 aliphatic rings. The Labute approximate surface area is 47.5 Å². The van der Waals surface area contributed by atoms with Crippen LogP contribution >= 0.6 is 11.8 Å². The quantitative estimate of drug-likeness (QED) is 0.512. The SMILES string of the molecule is CC1=CSC=CN1. The molecule has 1 N–H and O–H groups in total. The Balaban J connectivity index is 2.50. The van der Waals surface area contributed by atoms with E-state index in [4.69, 9.17) is 0 Å². The molecular weight excluding hydrogens is 106 g/mol. The summed E-state index contributed by atoms with van der Waals surface area (Å²) in [4.78, 5) is 0. The maximum atomic E-state index is 3.04. The third kappa shape index (κ3) is 1.27. The molecule has 0 amide bonds. The number of hydrogen-bond donors (Lipinski definition) is 1. The topological polar surface area (TPSA) is 12.0 Å². The molecule has 0 bridgehead atoms. The smallest absolute Gasteiger partial charge is 0.0182 e. The molecule has 7 heavy (non-hydrogen) atoms. The molecule has 0 saturated carbocycles. The molecule has 0 fully saturated rings. The fourth-order valence-corrected chi connectivity index (χ4v) is 0.877. The maximum absolute atomic E-state index is 3.04. The van der Waals surface area contributed by atoms with E-state index >= 15 is 0 Å². The third-order valence-electron chi connectivity index (χ3n) is 0.702. The Morgan fingerprint density at radius 2 is 2.57 bits per heavy atom. The largest absolute Gasteiger partial charge is 0.364 e. The van der Waals surface area contributed by atoms with Crippen LogP contribution < -0.4 is 5.32 Å². The molecule has 1 heterocycles. The lowest BCUT2D eigenvalue weighted by Crippen LogP contribution is -2.01. The van der Waals surface area contributed by atoms with Gasteiger partial charge in [-0.3, -0.25) is 0 Å². The maximum Gasteiger partial charge on any atom is 0.0182 e. The third-order valence-corrected chi connectivity index (χ3v) is 1.49. The summed E-state index contributed by atoms with van der Waals surface area (Å²) in [5, 5.41) is 7.12. The Morgan fingerprint density at radius 1 is 1.71 bits per heavy atom. The van der Waals surface area contributed by atoms with Crippen LogP contribution in [0.4, 0.5) is 0 Å². The fourth-order valence-electron chi connectivity index (χ4n) is 0.380. The van der Waals surface area contributed by atoms with E-state index < -0.39 is 0 Å². The van der Waals surface area contributed by atoms with Crippen LogP contribution in [0.2, 0.25) is 0 Å². The average Bonchev–Trinajstić information content (AvgIpc) is 1.69. The van der Waals surface area contributed by atoms with Crippen LogP contribution in [-0.2, 0) is 0 Å². The van der Waals surface area contributed by atoms with Gasteiger partial charge in [-0.25, -0.2) is 0 Å². The second-order valence-corrected chi connectivity index (χ2v) is 2.16. The van der Waals surface area contributed by atoms with Crippen LogP contribution in [-0.4, -0.2) is 0 Å². The van der Waals surface area contributed by atoms with Crippen LogP contribution in [0.25, 0.3) is 0 Å². The van der Waals surface area contributed by atoms with Crippen LogP contribution in [0.1, 0.15) is 6.92 Å². The van der Waals surface area contributed by atoms with Gasteiger partial charge in [0.1, 0.15) is 0 Å². The van der Waals surface area contributed by atoms with Gasteiger partial charge in [-0.1, -0.05) is 0 Å². The first-order valence-electron chi connectivity index (χ1n) is 2.13. The van der Waals surface area contributed by atoms with Gasteiger partial charge in [-0.2, -0.15) is 0 Å². The van der Waals surface area contributed by atoms with Crippen LogP contribution in [0.5, 0.6) is 0 Å². The lowest BCUT2D eigenvalue weighted by Gasteiger charge is -2.01. The fraction of sp³-hybridized carbons (Fsp3) is 0.200. The van der Waals surface area contributed by atoms with Gasteiger partial charge in [0, 0.05) is 11.9 Å². The zero-order chi connectivity index (χ0) is 5.11. The van der Waals surface area contributed by atoms with E-state index in [9.17, 15) is 0 Å². The van der Waals surface area contributed by atoms with Crippen molar-refractivity contribution in [2.45, 2.75) is 6.92 Å². The number of rotatable bonds is 0. The van der Waals surface area contributed by atoms with E-state index in [1.165, 1.54) is 5.70 Å². The molecule has 0 aromatic heterocycles. The molecule has 0 aromatic rings. The van der Waals surface area contributed by atoms with Gasteiger partial charge in [-0.15, -0.1) is 11.8 Å². The highest BCUT2D eigenvalue weighted by Crippen LogP contribution is 2.09. The van der Waals surface area contributed by atoms with Gasteiger partial charge in [0.05, 0.1) is 0 Å². The first-order chi connectivity index (χ1) is 3.39. The molecule has 0 unspecified atom stereocenters. The molecule has 0 aromatic carbocycles. The Kier molecular flexibility index (Phi) is 1.42. The summed E-state index contributed by atoms with van der Waals surface area (Å²) in [7, 11) is 0. The standard InChI is InChI=1S/C5H7NS/c1-5-4-7-3-2-6-5/h2-4,6H,1H3. The van der Waals surface area contributed by atoms with E-state index in [-0.39, 0.29) is 0 Å². The molecule has 1 rings (SSSR count). The van der Waals surface area contributed by atoms with Gasteiger partial charge < -0.3 is 5.32 Å². The molecule has 0 atom stereocenters. The minimum absolute atomic E-state index is 1.22. The lowest BCUT2D eigenvalue weighted by molar-refractivity contribution is 1.07. The number of allylic oxidation sites excluding steroid dienone is 1. The van der Waals surface area contributed by atoms with Crippen molar-refractivity contribution in [2.75, 3.05) is 0 Å². The molecule has 0 aliphatic carbocycles. The summed E-state index contributed by atoms with van der Waals surface area (Å²) in [5.41, 5.74) is 1.22. The zero-order valence-electron chi connectivity index (χ0n) is 4.14. The monoisotopic (exact) mass is 113 g/mol. The van der Waals surface area contributed by atoms with Crippen molar-refractivity contribution >= 4 is 11.8 Å². The van der Waals surface area contributed by atoms with E-state index in [2.05, 4.69) is 10.7 Å². The van der Waals surface area contributed by atoms with Gasteiger partial charge in [0.15, 0.2) is 0 Å². The Hall–Kier alpha value is -0.370. The summed E-state index contributed by atoms with van der Waals surface area (Å²) in [6.07, 6.45) is 1.93. The molecular formula is C5H7NS. The predicted molar refractivity (Wildman–Crippen MR) is 33.6 cm³/mol. The minimum atomic E-state index is 1.22. The van der Waals surface area contributed by atoms with E-state index in [1.807, 2.05) is 18.5 Å². The van der Waals surface area contributed by atoms with E-state index in [1.54, 1.807) is 11.8 Å². The van der Waals surface area contributed by atoms with Crippen molar-refractivity contribution in [3.05, 3.63) is 22.7 Å². The lowest BCUT2D eigenvalue weighted by atomic mass is 10.6. The first-order valence-corrected chi connectivity index (χ1v) is 3.07. The van der Waals surface area contributed by atoms with Gasteiger partial charge >= 0.3 is 0 Å². The van der Waals surface area contributed by atoms with Crippen molar-refractivity contribution in [3.63, 3.8) is 0 Å². The molecule has 2 heteroatoms. The van der Waals surface area contributed by atoms with Crippen LogP contribution in [0.3, 0.4) is 0 Å². The predicted octanol–water partition coefficient (Wildman–Crippen LogP) is 1.66. The number of thioether (sulfide) groups is 1. The Morgan fingerprint density at radius 3 is 2.86 bits per heavy atom. The normalized spacial score (nSPS) is 18.1. The number of hydrogen-bond acceptors (Lipinski definition) is 2. The molecule has 38 valence electrons. The highest BCUT2D eigenvalue weighted by Gasteiger charge is 1.85. The summed E-state index contributed by atoms with van der Waals surface area (Å²) < 4.78 is 0. The second kappa shape index (κ2) is 2.07. The van der Waals surface area contributed by atoms with Crippen molar-refractivity contribution in [2.24, 2.45) is 0 Å². The number of nitrogens with one attached hydrogen (secondary N) is 1. The van der Waals surface area contributed by atoms with Gasteiger partial charge in [-0.05, 0) is 17.7 Å². The summed E-state index contributed by atoms with van der Waals surface area (Å²) in [6, 6.07) is 0. The van der Waals surface area contributed by atoms with Crippen LogP contribution in [0, 0.1) is 0 Å². The zero-order valence-corrected chi connectivity index (χ0v) is 4.96. The highest BCUT2D eigenvalue weighted by atomic mass is 32.2. The Bertz CT molecular complexity index is 115. The highest BCUT2D eigenvalue weighted by molar-refractivity contribution is 8.04. The summed E-state index contributed by atoms with van der Waals surface area (Å²) in [5.74, 6) is 0. The molecule has 0 spiro atoms. The van der Waals surface area contributed by atoms with Crippen molar-refractivity contribution in [1.82, 2.24) is 5.32 Å².